The zero-order valence-corrected chi connectivity index (χ0v) is 19.9. The van der Waals surface area contributed by atoms with Gasteiger partial charge in [-0.25, -0.2) is 4.79 Å². The van der Waals surface area contributed by atoms with Crippen molar-refractivity contribution in [3.05, 3.63) is 35.9 Å². The van der Waals surface area contributed by atoms with Crippen molar-refractivity contribution in [1.29, 1.82) is 0 Å². The lowest BCUT2D eigenvalue weighted by molar-refractivity contribution is -0.145. The summed E-state index contributed by atoms with van der Waals surface area (Å²) < 4.78 is 0. The molecule has 5 atom stereocenters. The Hall–Kier alpha value is -3.51. The van der Waals surface area contributed by atoms with Crippen molar-refractivity contribution < 1.29 is 39.3 Å². The highest BCUT2D eigenvalue weighted by Gasteiger charge is 2.33. The Bertz CT molecular complexity index is 891. The number of amides is 3. The van der Waals surface area contributed by atoms with Gasteiger partial charge < -0.3 is 37.0 Å². The number of aliphatic hydroxyl groups excluding tert-OH is 1. The van der Waals surface area contributed by atoms with Gasteiger partial charge in [0.05, 0.1) is 12.1 Å². The number of hydrogen-bond donors (Lipinski definition) is 7. The second kappa shape index (κ2) is 14.0. The standard InChI is InChI=1S/C23H34N4O8/c1-12(2)18(22(33)27-19(13(3)28)23(34)35)26-21(32)16(11-14-7-5-4-6-8-14)25-20(31)15(24)9-10-17(29)30/h4-8,12-13,15-16,18-19,28H,9-11,24H2,1-3H3,(H,25,31)(H,26,32)(H,27,33)(H,29,30)(H,34,35). The van der Waals surface area contributed by atoms with E-state index >= 15 is 0 Å². The van der Waals surface area contributed by atoms with Crippen molar-refractivity contribution in [2.75, 3.05) is 0 Å². The van der Waals surface area contributed by atoms with Crippen LogP contribution in [-0.4, -0.2) is 75.3 Å². The van der Waals surface area contributed by atoms with Gasteiger partial charge in [-0.05, 0) is 24.8 Å². The van der Waals surface area contributed by atoms with Gasteiger partial charge in [-0.15, -0.1) is 0 Å². The van der Waals surface area contributed by atoms with E-state index in [9.17, 15) is 34.2 Å². The fourth-order valence-corrected chi connectivity index (χ4v) is 3.17. The third-order valence-corrected chi connectivity index (χ3v) is 5.21. The van der Waals surface area contributed by atoms with Crippen LogP contribution >= 0.6 is 0 Å². The Morgan fingerprint density at radius 1 is 0.857 bits per heavy atom. The third kappa shape index (κ3) is 10.1. The Kier molecular flexibility index (Phi) is 11.8. The summed E-state index contributed by atoms with van der Waals surface area (Å²) in [7, 11) is 0. The van der Waals surface area contributed by atoms with Gasteiger partial charge in [0.1, 0.15) is 12.1 Å². The summed E-state index contributed by atoms with van der Waals surface area (Å²) in [5.74, 6) is -5.28. The fourth-order valence-electron chi connectivity index (χ4n) is 3.17. The van der Waals surface area contributed by atoms with E-state index in [0.29, 0.717) is 5.56 Å². The molecule has 0 radical (unpaired) electrons. The number of carboxylic acids is 2. The van der Waals surface area contributed by atoms with Gasteiger partial charge in [0.15, 0.2) is 6.04 Å². The summed E-state index contributed by atoms with van der Waals surface area (Å²) in [6.45, 7) is 4.48. The smallest absolute Gasteiger partial charge is 0.328 e. The largest absolute Gasteiger partial charge is 0.481 e. The molecule has 0 saturated heterocycles. The van der Waals surface area contributed by atoms with Gasteiger partial charge in [0.25, 0.3) is 0 Å². The van der Waals surface area contributed by atoms with Gasteiger partial charge in [-0.3, -0.25) is 19.2 Å². The molecule has 35 heavy (non-hydrogen) atoms. The summed E-state index contributed by atoms with van der Waals surface area (Å²) >= 11 is 0. The van der Waals surface area contributed by atoms with Crippen molar-refractivity contribution in [2.24, 2.45) is 11.7 Å². The first kappa shape index (κ1) is 29.5. The number of carbonyl (C=O) groups is 5. The van der Waals surface area contributed by atoms with Crippen LogP contribution in [0.15, 0.2) is 30.3 Å². The SMILES string of the molecule is CC(C)C(NC(=O)C(Cc1ccccc1)NC(=O)C(N)CCC(=O)O)C(=O)NC(C(=O)O)C(C)O. The van der Waals surface area contributed by atoms with Crippen molar-refractivity contribution >= 4 is 29.7 Å². The monoisotopic (exact) mass is 494 g/mol. The second-order valence-corrected chi connectivity index (χ2v) is 8.59. The van der Waals surface area contributed by atoms with Crippen LogP contribution in [0.5, 0.6) is 0 Å². The summed E-state index contributed by atoms with van der Waals surface area (Å²) in [6, 6.07) is 3.69. The molecule has 0 spiro atoms. The number of nitrogens with two attached hydrogens (primary N) is 1. The van der Waals surface area contributed by atoms with Gasteiger partial charge in [-0.1, -0.05) is 44.2 Å². The molecule has 1 aromatic rings. The molecule has 0 aromatic heterocycles. The van der Waals surface area contributed by atoms with Gasteiger partial charge in [0.2, 0.25) is 17.7 Å². The summed E-state index contributed by atoms with van der Waals surface area (Å²) in [5, 5.41) is 34.9. The molecule has 0 aliphatic carbocycles. The normalized spacial score (nSPS) is 15.3. The molecule has 1 rings (SSSR count). The molecule has 0 bridgehead atoms. The Morgan fingerprint density at radius 3 is 1.91 bits per heavy atom. The van der Waals surface area contributed by atoms with Gasteiger partial charge in [-0.2, -0.15) is 0 Å². The van der Waals surface area contributed by atoms with E-state index in [2.05, 4.69) is 16.0 Å². The van der Waals surface area contributed by atoms with E-state index < -0.39 is 65.8 Å². The first-order valence-corrected chi connectivity index (χ1v) is 11.2. The Balaban J connectivity index is 3.06. The van der Waals surface area contributed by atoms with E-state index in [-0.39, 0.29) is 19.3 Å². The number of aliphatic hydroxyl groups is 1. The fraction of sp³-hybridized carbons (Fsp3) is 0.522. The van der Waals surface area contributed by atoms with Crippen LogP contribution in [0.25, 0.3) is 0 Å². The molecule has 0 heterocycles. The summed E-state index contributed by atoms with van der Waals surface area (Å²) in [5.41, 5.74) is 6.47. The highest BCUT2D eigenvalue weighted by atomic mass is 16.4. The lowest BCUT2D eigenvalue weighted by atomic mass is 10.00. The highest BCUT2D eigenvalue weighted by molar-refractivity contribution is 5.94. The first-order chi connectivity index (χ1) is 16.3. The van der Waals surface area contributed by atoms with Crippen molar-refractivity contribution in [2.45, 2.75) is 70.3 Å². The van der Waals surface area contributed by atoms with Crippen LogP contribution in [0.1, 0.15) is 39.2 Å². The second-order valence-electron chi connectivity index (χ2n) is 8.59. The average molecular weight is 495 g/mol. The van der Waals surface area contributed by atoms with Crippen LogP contribution < -0.4 is 21.7 Å². The van der Waals surface area contributed by atoms with E-state index in [1.54, 1.807) is 44.2 Å². The molecule has 3 amide bonds. The average Bonchev–Trinajstić information content (AvgIpc) is 2.78. The molecule has 5 unspecified atom stereocenters. The van der Waals surface area contributed by atoms with E-state index in [1.807, 2.05) is 0 Å². The maximum Gasteiger partial charge on any atom is 0.328 e. The minimum Gasteiger partial charge on any atom is -0.481 e. The number of nitrogens with one attached hydrogen (secondary N) is 3. The number of rotatable bonds is 14. The van der Waals surface area contributed by atoms with Crippen LogP contribution in [0.2, 0.25) is 0 Å². The maximum atomic E-state index is 13.1. The van der Waals surface area contributed by atoms with Crippen molar-refractivity contribution in [1.82, 2.24) is 16.0 Å². The van der Waals surface area contributed by atoms with Gasteiger partial charge >= 0.3 is 11.9 Å². The third-order valence-electron chi connectivity index (χ3n) is 5.21. The maximum absolute atomic E-state index is 13.1. The highest BCUT2D eigenvalue weighted by Crippen LogP contribution is 2.08. The zero-order valence-electron chi connectivity index (χ0n) is 19.9. The van der Waals surface area contributed by atoms with Gasteiger partial charge in [0, 0.05) is 12.8 Å². The quantitative estimate of drug-likeness (QED) is 0.169. The molecular weight excluding hydrogens is 460 g/mol. The number of hydrogen-bond acceptors (Lipinski definition) is 7. The molecule has 8 N–H and O–H groups in total. The summed E-state index contributed by atoms with van der Waals surface area (Å²) in [6.07, 6.45) is -1.78. The molecule has 0 aliphatic rings. The molecule has 12 nitrogen and oxygen atoms in total. The van der Waals surface area contributed by atoms with E-state index in [1.165, 1.54) is 6.92 Å². The van der Waals surface area contributed by atoms with Crippen LogP contribution in [0.4, 0.5) is 0 Å². The molecular formula is C23H34N4O8. The molecule has 0 fully saturated rings. The van der Waals surface area contributed by atoms with E-state index in [4.69, 9.17) is 10.8 Å². The molecule has 194 valence electrons. The van der Waals surface area contributed by atoms with Crippen LogP contribution in [0, 0.1) is 5.92 Å². The topological polar surface area (TPSA) is 208 Å². The Labute approximate surface area is 203 Å². The predicted molar refractivity (Wildman–Crippen MR) is 125 cm³/mol. The minimum atomic E-state index is -1.58. The number of aliphatic carboxylic acids is 2. The summed E-state index contributed by atoms with van der Waals surface area (Å²) in [4.78, 5) is 60.5. The van der Waals surface area contributed by atoms with E-state index in [0.717, 1.165) is 0 Å². The van der Waals surface area contributed by atoms with Crippen molar-refractivity contribution in [3.63, 3.8) is 0 Å². The number of carboxylic acid groups (broad SMARTS) is 2. The zero-order chi connectivity index (χ0) is 26.7. The first-order valence-electron chi connectivity index (χ1n) is 11.2. The lowest BCUT2D eigenvalue weighted by Gasteiger charge is -2.27. The molecule has 12 heteroatoms. The minimum absolute atomic E-state index is 0.0575. The Morgan fingerprint density at radius 2 is 1.43 bits per heavy atom. The van der Waals surface area contributed by atoms with Crippen LogP contribution in [-0.2, 0) is 30.4 Å². The predicted octanol–water partition coefficient (Wildman–Crippen LogP) is -1.00. The number of benzene rings is 1. The van der Waals surface area contributed by atoms with Crippen LogP contribution in [0.3, 0.4) is 0 Å². The number of carbonyl (C=O) groups excluding carboxylic acids is 3. The molecule has 0 aliphatic heterocycles. The molecule has 0 saturated carbocycles. The lowest BCUT2D eigenvalue weighted by Crippen LogP contribution is -2.60. The van der Waals surface area contributed by atoms with Crippen molar-refractivity contribution in [3.8, 4) is 0 Å². The molecule has 1 aromatic carbocycles.